The van der Waals surface area contributed by atoms with Crippen LogP contribution in [0.15, 0.2) is 23.9 Å². The molecular formula is C4H6N2O2-2. The van der Waals surface area contributed by atoms with E-state index in [2.05, 4.69) is 11.5 Å². The van der Waals surface area contributed by atoms with E-state index in [1.54, 1.807) is 0 Å². The van der Waals surface area contributed by atoms with Crippen molar-refractivity contribution < 1.29 is 10.2 Å². The average molecular weight is 114 g/mol. The van der Waals surface area contributed by atoms with E-state index in [0.29, 0.717) is 0 Å². The van der Waals surface area contributed by atoms with Crippen molar-refractivity contribution in [1.29, 1.82) is 0 Å². The normalized spacial score (nSPS) is 14.0. The molecule has 0 atom stereocenters. The first-order chi connectivity index (χ1) is 3.63. The van der Waals surface area contributed by atoms with Crippen molar-refractivity contribution in [3.63, 3.8) is 0 Å². The van der Waals surface area contributed by atoms with E-state index >= 15 is 0 Å². The Bertz CT molecular complexity index is 104. The summed E-state index contributed by atoms with van der Waals surface area (Å²) < 4.78 is 0. The summed E-state index contributed by atoms with van der Waals surface area (Å²) in [5.74, 6) is -1.35. The summed E-state index contributed by atoms with van der Waals surface area (Å²) in [5, 5.41) is 19.7. The van der Waals surface area contributed by atoms with Crippen molar-refractivity contribution in [2.45, 2.75) is 0 Å². The van der Waals surface area contributed by atoms with Crippen LogP contribution >= 0.6 is 0 Å². The maximum absolute atomic E-state index is 9.83. The lowest BCUT2D eigenvalue weighted by atomic mass is 10.5. The van der Waals surface area contributed by atoms with E-state index in [0.717, 1.165) is 12.2 Å². The van der Waals surface area contributed by atoms with Gasteiger partial charge in [-0.1, -0.05) is 12.2 Å². The molecule has 0 heterocycles. The topological polar surface area (TPSA) is 98.2 Å². The number of rotatable bonds is 1. The van der Waals surface area contributed by atoms with Crippen LogP contribution in [-0.4, -0.2) is 0 Å². The van der Waals surface area contributed by atoms with Crippen molar-refractivity contribution >= 4 is 0 Å². The molecule has 0 saturated carbocycles. The molecule has 4 heteroatoms. The van der Waals surface area contributed by atoms with Crippen LogP contribution in [0.5, 0.6) is 0 Å². The average Bonchev–Trinajstić information content (AvgIpc) is 1.61. The summed E-state index contributed by atoms with van der Waals surface area (Å²) >= 11 is 0. The molecule has 0 bridgehead atoms. The van der Waals surface area contributed by atoms with E-state index in [9.17, 15) is 10.2 Å². The van der Waals surface area contributed by atoms with E-state index in [-0.39, 0.29) is 0 Å². The standard InChI is InChI=1S/C4H8N2O2/c5-3(7)1-2-4(6)8/h1-2,7-8H,5-6H2/p-2/b3-1-,4-2+. The number of nitrogens with two attached hydrogens (primary N) is 2. The summed E-state index contributed by atoms with van der Waals surface area (Å²) in [5.41, 5.74) is 9.21. The van der Waals surface area contributed by atoms with Crippen molar-refractivity contribution in [3.8, 4) is 0 Å². The minimum atomic E-state index is -0.677. The third kappa shape index (κ3) is 4.68. The highest BCUT2D eigenvalue weighted by Crippen LogP contribution is 1.73. The molecular weight excluding hydrogens is 108 g/mol. The monoisotopic (exact) mass is 114 g/mol. The Morgan fingerprint density at radius 2 is 1.25 bits per heavy atom. The highest BCUT2D eigenvalue weighted by Gasteiger charge is 1.61. The van der Waals surface area contributed by atoms with Gasteiger partial charge in [-0.25, -0.2) is 0 Å². The van der Waals surface area contributed by atoms with Crippen molar-refractivity contribution in [2.75, 3.05) is 0 Å². The van der Waals surface area contributed by atoms with Crippen molar-refractivity contribution in [1.82, 2.24) is 0 Å². The van der Waals surface area contributed by atoms with E-state index in [4.69, 9.17) is 0 Å². The SMILES string of the molecule is N/C([O-])=C/C=C(\N)[O-]. The Hall–Kier alpha value is -1.32. The summed E-state index contributed by atoms with van der Waals surface area (Å²) in [4.78, 5) is 0. The van der Waals surface area contributed by atoms with Gasteiger partial charge >= 0.3 is 0 Å². The minimum Gasteiger partial charge on any atom is -0.861 e. The molecule has 46 valence electrons. The van der Waals surface area contributed by atoms with Crippen LogP contribution in [0.1, 0.15) is 0 Å². The Kier molecular flexibility index (Phi) is 2.33. The predicted molar refractivity (Wildman–Crippen MR) is 24.5 cm³/mol. The molecule has 0 aliphatic rings. The Morgan fingerprint density at radius 1 is 1.00 bits per heavy atom. The molecule has 0 aromatic heterocycles. The van der Waals surface area contributed by atoms with Crippen LogP contribution in [0.2, 0.25) is 0 Å². The van der Waals surface area contributed by atoms with Gasteiger partial charge in [0, 0.05) is 0 Å². The molecule has 0 unspecified atom stereocenters. The fourth-order valence-electron chi connectivity index (χ4n) is 0.164. The first kappa shape index (κ1) is 6.68. The third-order valence-electron chi connectivity index (χ3n) is 0.412. The lowest BCUT2D eigenvalue weighted by Crippen LogP contribution is -2.15. The largest absolute Gasteiger partial charge is 0.861 e. The van der Waals surface area contributed by atoms with Gasteiger partial charge in [-0.15, -0.1) is 0 Å². The molecule has 0 saturated heterocycles. The molecule has 0 aliphatic heterocycles. The number of hydrogen-bond donors (Lipinski definition) is 2. The van der Waals surface area contributed by atoms with E-state index < -0.39 is 11.8 Å². The highest BCUT2D eigenvalue weighted by atomic mass is 16.3. The Morgan fingerprint density at radius 3 is 1.38 bits per heavy atom. The lowest BCUT2D eigenvalue weighted by Gasteiger charge is -2.03. The molecule has 4 N–H and O–H groups in total. The number of allylic oxidation sites excluding steroid dienone is 2. The van der Waals surface area contributed by atoms with Crippen LogP contribution < -0.4 is 21.7 Å². The molecule has 0 aromatic rings. The first-order valence-electron chi connectivity index (χ1n) is 1.90. The van der Waals surface area contributed by atoms with Gasteiger partial charge in [0.2, 0.25) is 0 Å². The molecule has 4 nitrogen and oxygen atoms in total. The first-order valence-corrected chi connectivity index (χ1v) is 1.90. The molecule has 0 fully saturated rings. The summed E-state index contributed by atoms with van der Waals surface area (Å²) in [6.07, 6.45) is 1.81. The van der Waals surface area contributed by atoms with Gasteiger partial charge < -0.3 is 21.7 Å². The molecule has 0 spiro atoms. The molecule has 0 amide bonds. The molecule has 0 aromatic carbocycles. The Labute approximate surface area is 46.7 Å². The molecule has 0 rings (SSSR count). The van der Waals surface area contributed by atoms with Crippen LogP contribution in [0.4, 0.5) is 0 Å². The quantitative estimate of drug-likeness (QED) is 0.286. The maximum Gasteiger partial charge on any atom is -0.0484 e. The smallest absolute Gasteiger partial charge is 0.0484 e. The van der Waals surface area contributed by atoms with Crippen LogP contribution in [0, 0.1) is 0 Å². The van der Waals surface area contributed by atoms with Gasteiger partial charge in [0.25, 0.3) is 0 Å². The van der Waals surface area contributed by atoms with Gasteiger partial charge in [-0.3, -0.25) is 0 Å². The van der Waals surface area contributed by atoms with Gasteiger partial charge in [0.1, 0.15) is 0 Å². The maximum atomic E-state index is 9.83. The second-order valence-corrected chi connectivity index (χ2v) is 1.14. The predicted octanol–water partition coefficient (Wildman–Crippen LogP) is -2.69. The molecule has 8 heavy (non-hydrogen) atoms. The van der Waals surface area contributed by atoms with Gasteiger partial charge in [-0.05, 0) is 11.8 Å². The van der Waals surface area contributed by atoms with Crippen LogP contribution in [0.25, 0.3) is 0 Å². The second-order valence-electron chi connectivity index (χ2n) is 1.14. The van der Waals surface area contributed by atoms with Crippen LogP contribution in [0.3, 0.4) is 0 Å². The van der Waals surface area contributed by atoms with Gasteiger partial charge in [0.15, 0.2) is 0 Å². The van der Waals surface area contributed by atoms with Crippen molar-refractivity contribution in [2.24, 2.45) is 11.5 Å². The summed E-state index contributed by atoms with van der Waals surface area (Å²) in [6, 6.07) is 0. The molecule has 0 aliphatic carbocycles. The minimum absolute atomic E-state index is 0.677. The van der Waals surface area contributed by atoms with Gasteiger partial charge in [0.05, 0.1) is 0 Å². The lowest BCUT2D eigenvalue weighted by molar-refractivity contribution is -0.308. The Balaban J connectivity index is 3.76. The fraction of sp³-hybridized carbons (Fsp3) is 0. The highest BCUT2D eigenvalue weighted by molar-refractivity contribution is 5.04. The third-order valence-corrected chi connectivity index (χ3v) is 0.412. The zero-order chi connectivity index (χ0) is 6.57. The van der Waals surface area contributed by atoms with E-state index in [1.165, 1.54) is 0 Å². The zero-order valence-corrected chi connectivity index (χ0v) is 4.13. The van der Waals surface area contributed by atoms with E-state index in [1.807, 2.05) is 0 Å². The zero-order valence-electron chi connectivity index (χ0n) is 4.13. The summed E-state index contributed by atoms with van der Waals surface area (Å²) in [6.45, 7) is 0. The second kappa shape index (κ2) is 2.79. The van der Waals surface area contributed by atoms with Gasteiger partial charge in [-0.2, -0.15) is 0 Å². The van der Waals surface area contributed by atoms with Crippen molar-refractivity contribution in [3.05, 3.63) is 23.9 Å². The fourth-order valence-corrected chi connectivity index (χ4v) is 0.164. The number of hydrogen-bond acceptors (Lipinski definition) is 4. The summed E-state index contributed by atoms with van der Waals surface area (Å²) in [7, 11) is 0. The molecule has 0 radical (unpaired) electrons. The van der Waals surface area contributed by atoms with Crippen LogP contribution in [-0.2, 0) is 0 Å².